The number of nitrogens with one attached hydrogen (secondary N) is 1. The number of amides is 5. The second-order valence-corrected chi connectivity index (χ2v) is 26.5. The Kier molecular flexibility index (Phi) is 42.2. The molecule has 0 spiro atoms. The first-order chi connectivity index (χ1) is 51.1. The number of pyridine rings is 6. The van der Waals surface area contributed by atoms with Crippen molar-refractivity contribution in [3.8, 4) is 22.1 Å². The molecule has 5 fully saturated rings. The Balaban J connectivity index is 0.000000362. The minimum Gasteiger partial charge on any atom is -0.870 e. The number of hydrogen-bond donors (Lipinski definition) is 2. The van der Waals surface area contributed by atoms with Crippen LogP contribution >= 0.6 is 54.3 Å². The smallest absolute Gasteiger partial charge is 0.870 e. The molecule has 108 heavy (non-hydrogen) atoms. The average Bonchev–Trinajstić information content (AvgIpc) is 1.63. The number of Topliss-reactive ketones (excluding diaryl/α,β-unsaturated/α-hetero) is 2. The van der Waals surface area contributed by atoms with Gasteiger partial charge in [-0.3, -0.25) is 72.7 Å². The van der Waals surface area contributed by atoms with Crippen LogP contribution in [-0.4, -0.2) is 194 Å². The van der Waals surface area contributed by atoms with Gasteiger partial charge in [0.1, 0.15) is 23.2 Å². The zero-order valence-corrected chi connectivity index (χ0v) is 66.8. The summed E-state index contributed by atoms with van der Waals surface area (Å²) >= 11 is 9.56. The Morgan fingerprint density at radius 1 is 0.667 bits per heavy atom. The maximum atomic E-state index is 15.1. The van der Waals surface area contributed by atoms with Crippen molar-refractivity contribution in [2.24, 2.45) is 24.8 Å². The Bertz CT molecular complexity index is 4190. The van der Waals surface area contributed by atoms with E-state index in [4.69, 9.17) is 11.2 Å². The minimum atomic E-state index is -1.05. The fraction of sp³-hybridized carbons (Fsp3) is 0.338. The number of carboxylic acid groups (broad SMARTS) is 1. The number of rotatable bonds is 15. The third-order valence-corrected chi connectivity index (χ3v) is 17.9. The first kappa shape index (κ1) is 91.9. The zero-order chi connectivity index (χ0) is 77.1. The molecule has 13 heterocycles. The number of thiophene rings is 1. The van der Waals surface area contributed by atoms with Crippen LogP contribution in [0.4, 0.5) is 31.5 Å². The maximum absolute atomic E-state index is 15.1. The maximum Gasteiger partial charge on any atom is 1.00 e. The molecule has 0 radical (unpaired) electrons. The van der Waals surface area contributed by atoms with Gasteiger partial charge in [0.05, 0.1) is 95.0 Å². The molecule has 5 saturated heterocycles. The number of alkyl halides is 1. The average molecular weight is 1770 g/mol. The number of halogens is 4. The fourth-order valence-electron chi connectivity index (χ4n) is 10.8. The summed E-state index contributed by atoms with van der Waals surface area (Å²) in [6.45, 7) is 6.99. The number of ketones is 2. The van der Waals surface area contributed by atoms with E-state index in [9.17, 15) is 42.7 Å². The van der Waals surface area contributed by atoms with Crippen LogP contribution in [0.3, 0.4) is 0 Å². The predicted molar refractivity (Wildman–Crippen MR) is 418 cm³/mol. The molecule has 3 atom stereocenters. The molecular weight excluding hydrogens is 1690 g/mol. The normalized spacial score (nSPS) is 15.9. The summed E-state index contributed by atoms with van der Waals surface area (Å²) in [5.74, 6) is -3.77. The van der Waals surface area contributed by atoms with E-state index < -0.39 is 36.7 Å². The van der Waals surface area contributed by atoms with Gasteiger partial charge < -0.3 is 60.1 Å². The number of imidazole rings is 1. The Morgan fingerprint density at radius 2 is 1.16 bits per heavy atom. The monoisotopic (exact) mass is 1770 g/mol. The van der Waals surface area contributed by atoms with Crippen molar-refractivity contribution in [2.45, 2.75) is 58.3 Å². The van der Waals surface area contributed by atoms with Crippen LogP contribution in [0.5, 0.6) is 11.5 Å². The molecule has 3 unspecified atom stereocenters. The Labute approximate surface area is 677 Å². The topological polar surface area (TPSA) is 354 Å². The van der Waals surface area contributed by atoms with E-state index in [1.165, 1.54) is 38.9 Å². The number of aliphatic carboxylic acids is 1. The first-order valence-corrected chi connectivity index (χ1v) is 38.0. The summed E-state index contributed by atoms with van der Waals surface area (Å²) in [6.07, 6.45) is 26.8. The number of anilines is 4. The van der Waals surface area contributed by atoms with E-state index in [0.717, 1.165) is 77.6 Å². The van der Waals surface area contributed by atoms with Gasteiger partial charge in [-0.25, -0.2) is 9.37 Å². The van der Waals surface area contributed by atoms with Crippen molar-refractivity contribution in [2.75, 3.05) is 101 Å². The van der Waals surface area contributed by atoms with Gasteiger partial charge in [-0.2, -0.15) is 0 Å². The molecule has 27 nitrogen and oxygen atoms in total. The van der Waals surface area contributed by atoms with Crippen molar-refractivity contribution in [1.29, 1.82) is 0 Å². The number of carbonyl (C=O) groups excluding carboxylic acids is 7. The van der Waals surface area contributed by atoms with Gasteiger partial charge in [-0.05, 0) is 174 Å². The number of ether oxygens (including phenoxy) is 1. The van der Waals surface area contributed by atoms with Gasteiger partial charge in [0.2, 0.25) is 29.5 Å². The van der Waals surface area contributed by atoms with E-state index >= 15 is 4.39 Å². The van der Waals surface area contributed by atoms with E-state index in [1.54, 1.807) is 146 Å². The molecule has 5 aliphatic rings. The van der Waals surface area contributed by atoms with Crippen LogP contribution in [0.25, 0.3) is 20.8 Å². The second kappa shape index (κ2) is 49.5. The molecule has 576 valence electrons. The molecule has 0 bridgehead atoms. The number of benzene rings is 1. The molecule has 5 amide bonds. The summed E-state index contributed by atoms with van der Waals surface area (Å²) in [7, 11) is 9.25. The quantitative estimate of drug-likeness (QED) is 0.0586. The Hall–Kier alpha value is -8.47. The van der Waals surface area contributed by atoms with Crippen molar-refractivity contribution >= 4 is 134 Å². The zero-order valence-electron chi connectivity index (χ0n) is 61.8. The summed E-state index contributed by atoms with van der Waals surface area (Å²) in [5, 5.41) is 11.5. The molecule has 14 rings (SSSR count). The van der Waals surface area contributed by atoms with E-state index in [1.807, 2.05) is 60.4 Å². The van der Waals surface area contributed by atoms with Gasteiger partial charge in [0.25, 0.3) is 0 Å². The molecule has 0 saturated carbocycles. The summed E-state index contributed by atoms with van der Waals surface area (Å²) in [6, 6.07) is 26.4. The number of fused-ring (bicyclic) bond motifs is 1. The number of carbonyl (C=O) groups is 8. The molecule has 8 aromatic heterocycles. The number of aryl methyl sites for hydroxylation is 1. The van der Waals surface area contributed by atoms with Gasteiger partial charge in [0.15, 0.2) is 11.6 Å². The summed E-state index contributed by atoms with van der Waals surface area (Å²) < 4.78 is 40.3. The molecule has 9 aromatic rings. The Morgan fingerprint density at radius 3 is 1.53 bits per heavy atom. The van der Waals surface area contributed by atoms with Crippen molar-refractivity contribution in [1.82, 2.24) is 54.6 Å². The van der Waals surface area contributed by atoms with Crippen LogP contribution in [0, 0.1) is 27.1 Å². The van der Waals surface area contributed by atoms with Crippen LogP contribution in [0.2, 0.25) is 0 Å². The van der Waals surface area contributed by atoms with E-state index in [-0.39, 0.29) is 83.1 Å². The standard InChI is InChI=1S/C28H22FN5O3S.C11H12N2O2.C10H10N2O3.C9H10N2O.C6H16N2.C5H4IN.C4H7NO.CH3F.Cu.HI.Li.2H2O/c1-33-15-22(32-16-33)26-13-21-27(38-26)25(6-9-31-21)37-24-5-4-17(11-20(24)29)12-23(35)19-7-10-34(28(19)36)18-3-2-8-30-14-18;1-8(14)10-4-6-13(11(10)15)9-3-2-5-12-7-9;13-9-8(10(14)15)3-5-12(9)7-2-1-4-11-6-7;12-9-4-2-6-11(9)8-3-1-5-10-7-8;1-7(2)5-6-8(3)4;6-5-2-1-3-7-4-5;6-4-2-1-3-5-4;1-2;;;;;/h2-6,8-9,11,13-16,19H,7,10,12H2,1H3;2-3,5,7,10H,4,6H2,1H3;1-2,4,6,8H,3,5H2,(H,14,15);1,3,5,7H,2,4,6H2;5-6H2,1-4H3;1-4H;1-3H2,(H,5,6);1H3;;1H;;2*1H2/q;;;;;;;;+1;;+1;;/p-2/i;;;;;;;1D;;;;;. The van der Waals surface area contributed by atoms with Gasteiger partial charge in [0, 0.05) is 131 Å². The first-order valence-electron chi connectivity index (χ1n) is 33.8. The van der Waals surface area contributed by atoms with Gasteiger partial charge in [-0.1, -0.05) is 6.07 Å². The molecule has 34 heteroatoms. The third-order valence-electron chi connectivity index (χ3n) is 16.1. The van der Waals surface area contributed by atoms with Crippen molar-refractivity contribution < 1.29 is 101 Å². The summed E-state index contributed by atoms with van der Waals surface area (Å²) in [4.78, 5) is 133. The van der Waals surface area contributed by atoms with Crippen LogP contribution in [0.1, 0.15) is 58.8 Å². The molecule has 5 aliphatic heterocycles. The van der Waals surface area contributed by atoms with Crippen molar-refractivity contribution in [3.05, 3.63) is 187 Å². The summed E-state index contributed by atoms with van der Waals surface area (Å²) in [5.41, 5.74) is 5.06. The minimum absolute atomic E-state index is 0. The molecule has 5 N–H and O–H groups in total. The van der Waals surface area contributed by atoms with E-state index in [2.05, 4.69) is 114 Å². The number of aromatic nitrogens is 8. The number of likely N-dealkylation sites (N-methyl/N-ethyl adjacent to an activating group) is 2. The van der Waals surface area contributed by atoms with Gasteiger partial charge >= 0.3 is 57.9 Å². The molecule has 1 aromatic carbocycles. The second-order valence-electron chi connectivity index (χ2n) is 24.2. The van der Waals surface area contributed by atoms with Crippen LogP contribution in [0.15, 0.2) is 172 Å². The van der Waals surface area contributed by atoms with E-state index in [0.29, 0.717) is 68.0 Å². The SMILES string of the molecule is CC(=O)C1CCN(c2cccnc2)C1=O.CN(C)CCN(C)C.Cn1cnc(-c2cc3nccc(Oc4ccc(CC(=O)C5CCN(c6cccnc6)C5=O)cc4F)c3s2)c1.Ic1cccnc1.O.O=C(O)C1CCN(c2cccnc2)C1=O.O=C1CCCN1.O=C1CCCN1c1cccnc1.[2H]CF.[Cu][I].[Li+].[OH-]. The van der Waals surface area contributed by atoms with Crippen molar-refractivity contribution in [3.63, 3.8) is 0 Å². The molecule has 0 aliphatic carbocycles. The predicted octanol–water partition coefficient (Wildman–Crippen LogP) is 7.10. The number of nitrogens with zero attached hydrogens (tertiary/aromatic N) is 14. The van der Waals surface area contributed by atoms with Crippen LogP contribution < -0.4 is 48.5 Å². The van der Waals surface area contributed by atoms with Gasteiger partial charge in [-0.15, -0.1) is 11.3 Å². The number of carboxylic acids is 1. The fourth-order valence-corrected chi connectivity index (χ4v) is 12.2. The largest absolute Gasteiger partial charge is 1.00 e. The molecular formula is C74H87CuF2I2LiN15O12S. The number of hydrogen-bond acceptors (Lipinski definition) is 20. The third kappa shape index (κ3) is 29.2. The van der Waals surface area contributed by atoms with Crippen LogP contribution in [-0.2, 0) is 64.6 Å².